The van der Waals surface area contributed by atoms with Crippen molar-refractivity contribution in [3.8, 4) is 0 Å². The Morgan fingerprint density at radius 3 is 2.67 bits per heavy atom. The number of alkyl halides is 3. The van der Waals surface area contributed by atoms with E-state index in [9.17, 15) is 22.8 Å². The molecule has 10 heteroatoms. The van der Waals surface area contributed by atoms with Gasteiger partial charge in [-0.25, -0.2) is 4.98 Å². The van der Waals surface area contributed by atoms with Crippen LogP contribution in [-0.4, -0.2) is 65.4 Å². The lowest BCUT2D eigenvalue weighted by molar-refractivity contribution is -0.141. The Bertz CT molecular complexity index is 714. The quantitative estimate of drug-likeness (QED) is 0.814. The minimum Gasteiger partial charge on any atom is -0.337 e. The molecule has 1 aromatic heterocycles. The van der Waals surface area contributed by atoms with Crippen molar-refractivity contribution in [2.75, 3.05) is 32.7 Å². The number of amides is 2. The third-order valence-corrected chi connectivity index (χ3v) is 4.86. The molecule has 1 unspecified atom stereocenters. The molecule has 0 aromatic carbocycles. The van der Waals surface area contributed by atoms with Crippen LogP contribution >= 0.6 is 12.4 Å². The second kappa shape index (κ2) is 8.43. The van der Waals surface area contributed by atoms with Gasteiger partial charge in [-0.1, -0.05) is 0 Å². The average Bonchev–Trinajstić information content (AvgIpc) is 2.61. The molecule has 1 aromatic rings. The Morgan fingerprint density at radius 2 is 2.04 bits per heavy atom. The van der Waals surface area contributed by atoms with Crippen molar-refractivity contribution < 1.29 is 22.8 Å². The number of hydrogen-bond donors (Lipinski definition) is 1. The normalized spacial score (nSPS) is 21.0. The van der Waals surface area contributed by atoms with Gasteiger partial charge in [0, 0.05) is 32.2 Å². The smallest absolute Gasteiger partial charge is 0.337 e. The zero-order valence-corrected chi connectivity index (χ0v) is 15.7. The van der Waals surface area contributed by atoms with Gasteiger partial charge in [0.15, 0.2) is 0 Å². The molecular weight excluding hydrogens is 385 g/mol. The lowest BCUT2D eigenvalue weighted by atomic mass is 10.0. The van der Waals surface area contributed by atoms with Crippen molar-refractivity contribution in [1.82, 2.24) is 20.1 Å². The van der Waals surface area contributed by atoms with Crippen molar-refractivity contribution in [2.24, 2.45) is 0 Å². The number of halogens is 4. The number of nitrogens with one attached hydrogen (secondary N) is 1. The molecule has 6 nitrogen and oxygen atoms in total. The predicted molar refractivity (Wildman–Crippen MR) is 94.7 cm³/mol. The van der Waals surface area contributed by atoms with Gasteiger partial charge in [0.1, 0.15) is 5.69 Å². The fourth-order valence-corrected chi connectivity index (χ4v) is 3.52. The number of rotatable bonds is 2. The molecule has 0 spiro atoms. The first-order valence-corrected chi connectivity index (χ1v) is 8.61. The number of carbonyl (C=O) groups is 2. The SMILES string of the molecule is Cc1nc(C(F)(F)F)ccc1C(=O)N1CCCC(N2CCNCC2=O)C1.Cl. The van der Waals surface area contributed by atoms with Gasteiger partial charge in [0.25, 0.3) is 5.91 Å². The van der Waals surface area contributed by atoms with E-state index in [1.807, 2.05) is 0 Å². The lowest BCUT2D eigenvalue weighted by Gasteiger charge is -2.41. The Labute approximate surface area is 161 Å². The van der Waals surface area contributed by atoms with Gasteiger partial charge < -0.3 is 15.1 Å². The minimum absolute atomic E-state index is 0. The highest BCUT2D eigenvalue weighted by molar-refractivity contribution is 5.95. The second-order valence-electron chi connectivity index (χ2n) is 6.64. The van der Waals surface area contributed by atoms with Gasteiger partial charge in [-0.3, -0.25) is 9.59 Å². The average molecular weight is 407 g/mol. The van der Waals surface area contributed by atoms with E-state index in [1.54, 1.807) is 9.80 Å². The number of piperazine rings is 1. The third kappa shape index (κ3) is 4.70. The molecule has 1 atom stereocenters. The van der Waals surface area contributed by atoms with Gasteiger partial charge in [-0.2, -0.15) is 13.2 Å². The maximum absolute atomic E-state index is 12.8. The highest BCUT2D eigenvalue weighted by Gasteiger charge is 2.35. The van der Waals surface area contributed by atoms with Crippen molar-refractivity contribution >= 4 is 24.2 Å². The van der Waals surface area contributed by atoms with Crippen LogP contribution in [0.15, 0.2) is 12.1 Å². The van der Waals surface area contributed by atoms with Crippen molar-refractivity contribution in [1.29, 1.82) is 0 Å². The Morgan fingerprint density at radius 1 is 1.30 bits per heavy atom. The molecule has 2 fully saturated rings. The summed E-state index contributed by atoms with van der Waals surface area (Å²) in [5.74, 6) is -0.320. The van der Waals surface area contributed by atoms with E-state index in [-0.39, 0.29) is 41.5 Å². The lowest BCUT2D eigenvalue weighted by Crippen LogP contribution is -2.57. The first kappa shape index (κ1) is 21.4. The van der Waals surface area contributed by atoms with E-state index in [1.165, 1.54) is 13.0 Å². The summed E-state index contributed by atoms with van der Waals surface area (Å²) in [5.41, 5.74) is -0.773. The molecule has 0 aliphatic carbocycles. The van der Waals surface area contributed by atoms with Crippen LogP contribution in [0.5, 0.6) is 0 Å². The topological polar surface area (TPSA) is 65.5 Å². The van der Waals surface area contributed by atoms with Crippen LogP contribution < -0.4 is 5.32 Å². The molecule has 3 rings (SSSR count). The Kier molecular flexibility index (Phi) is 6.69. The van der Waals surface area contributed by atoms with Crippen LogP contribution in [0, 0.1) is 6.92 Å². The highest BCUT2D eigenvalue weighted by Crippen LogP contribution is 2.28. The Balaban J connectivity index is 0.00000261. The van der Waals surface area contributed by atoms with Gasteiger partial charge in [0.2, 0.25) is 5.91 Å². The molecule has 0 bridgehead atoms. The fraction of sp³-hybridized carbons (Fsp3) is 0.588. The van der Waals surface area contributed by atoms with Crippen LogP contribution in [0.25, 0.3) is 0 Å². The summed E-state index contributed by atoms with van der Waals surface area (Å²) >= 11 is 0. The number of hydrogen-bond acceptors (Lipinski definition) is 4. The summed E-state index contributed by atoms with van der Waals surface area (Å²) in [5, 5.41) is 3.02. The van der Waals surface area contributed by atoms with Crippen LogP contribution in [0.3, 0.4) is 0 Å². The fourth-order valence-electron chi connectivity index (χ4n) is 3.52. The molecule has 3 heterocycles. The summed E-state index contributed by atoms with van der Waals surface area (Å²) in [4.78, 5) is 31.8. The summed E-state index contributed by atoms with van der Waals surface area (Å²) in [7, 11) is 0. The van der Waals surface area contributed by atoms with Crippen LogP contribution in [-0.2, 0) is 11.0 Å². The monoisotopic (exact) mass is 406 g/mol. The maximum Gasteiger partial charge on any atom is 0.433 e. The maximum atomic E-state index is 12.8. The summed E-state index contributed by atoms with van der Waals surface area (Å²) in [6.45, 7) is 3.95. The van der Waals surface area contributed by atoms with E-state index < -0.39 is 11.9 Å². The molecule has 2 aliphatic rings. The molecule has 0 radical (unpaired) electrons. The van der Waals surface area contributed by atoms with E-state index in [0.717, 1.165) is 25.5 Å². The standard InChI is InChI=1S/C17H21F3N4O2.ClH/c1-11-13(4-5-14(22-11)17(18,19)20)16(26)23-7-2-3-12(10-23)24-8-6-21-9-15(24)25;/h4-5,12,21H,2-3,6-10H2,1H3;1H. The molecule has 0 saturated carbocycles. The van der Waals surface area contributed by atoms with Gasteiger partial charge in [-0.15, -0.1) is 12.4 Å². The largest absolute Gasteiger partial charge is 0.433 e. The number of pyridine rings is 1. The molecule has 2 saturated heterocycles. The summed E-state index contributed by atoms with van der Waals surface area (Å²) < 4.78 is 38.2. The first-order valence-electron chi connectivity index (χ1n) is 8.61. The summed E-state index contributed by atoms with van der Waals surface area (Å²) in [6, 6.07) is 1.97. The van der Waals surface area contributed by atoms with Gasteiger partial charge in [0.05, 0.1) is 17.8 Å². The van der Waals surface area contributed by atoms with Crippen molar-refractivity contribution in [3.63, 3.8) is 0 Å². The number of aryl methyl sites for hydroxylation is 1. The Hall–Kier alpha value is -1.87. The zero-order chi connectivity index (χ0) is 18.9. The highest BCUT2D eigenvalue weighted by atomic mass is 35.5. The number of piperidine rings is 1. The van der Waals surface area contributed by atoms with Crippen molar-refractivity contribution in [3.05, 3.63) is 29.1 Å². The number of likely N-dealkylation sites (tertiary alicyclic amines) is 1. The van der Waals surface area contributed by atoms with E-state index in [4.69, 9.17) is 0 Å². The van der Waals surface area contributed by atoms with Gasteiger partial charge >= 0.3 is 6.18 Å². The molecule has 2 aliphatic heterocycles. The van der Waals surface area contributed by atoms with Gasteiger partial charge in [-0.05, 0) is 31.9 Å². The summed E-state index contributed by atoms with van der Waals surface area (Å²) in [6.07, 6.45) is -2.97. The number of aromatic nitrogens is 1. The van der Waals surface area contributed by atoms with Crippen LogP contribution in [0.1, 0.15) is 34.6 Å². The van der Waals surface area contributed by atoms with E-state index >= 15 is 0 Å². The molecule has 150 valence electrons. The third-order valence-electron chi connectivity index (χ3n) is 4.86. The van der Waals surface area contributed by atoms with E-state index in [0.29, 0.717) is 26.2 Å². The number of nitrogens with zero attached hydrogens (tertiary/aromatic N) is 3. The first-order chi connectivity index (χ1) is 12.3. The predicted octanol–water partition coefficient (Wildman–Crippen LogP) is 1.87. The van der Waals surface area contributed by atoms with E-state index in [2.05, 4.69) is 10.3 Å². The number of carbonyl (C=O) groups excluding carboxylic acids is 2. The van der Waals surface area contributed by atoms with Crippen LogP contribution in [0.2, 0.25) is 0 Å². The molecular formula is C17H22ClF3N4O2. The second-order valence-corrected chi connectivity index (χ2v) is 6.64. The van der Waals surface area contributed by atoms with Crippen LogP contribution in [0.4, 0.5) is 13.2 Å². The minimum atomic E-state index is -4.54. The molecule has 27 heavy (non-hydrogen) atoms. The van der Waals surface area contributed by atoms with Crippen molar-refractivity contribution in [2.45, 2.75) is 32.0 Å². The zero-order valence-electron chi connectivity index (χ0n) is 14.9. The molecule has 1 N–H and O–H groups in total. The molecule has 2 amide bonds.